The Balaban J connectivity index is 1.66. The molecule has 0 aliphatic carbocycles. The monoisotopic (exact) mass is 435 g/mol. The van der Waals surface area contributed by atoms with Crippen LogP contribution in [0, 0.1) is 0 Å². The molecule has 1 N–H and O–H groups in total. The van der Waals surface area contributed by atoms with Crippen LogP contribution in [0.15, 0.2) is 72.8 Å². The topological polar surface area (TPSA) is 83.1 Å². The summed E-state index contributed by atoms with van der Waals surface area (Å²) in [5.74, 6) is 0.220. The average molecular weight is 435 g/mol. The smallest absolute Gasteiger partial charge is 0.342 e. The summed E-state index contributed by atoms with van der Waals surface area (Å²) in [7, 11) is 3.02. The lowest BCUT2D eigenvalue weighted by Crippen LogP contribution is -2.30. The molecule has 3 aromatic carbocycles. The number of hydrogen-bond acceptors (Lipinski definition) is 6. The van der Waals surface area contributed by atoms with E-state index < -0.39 is 18.0 Å². The number of amides is 1. The summed E-state index contributed by atoms with van der Waals surface area (Å²) >= 11 is 0. The Kier molecular flexibility index (Phi) is 7.70. The molecule has 0 heterocycles. The Labute approximate surface area is 186 Å². The highest BCUT2D eigenvalue weighted by atomic mass is 16.5. The fourth-order valence-electron chi connectivity index (χ4n) is 2.92. The summed E-state index contributed by atoms with van der Waals surface area (Å²) < 4.78 is 21.6. The van der Waals surface area contributed by atoms with Gasteiger partial charge in [-0.15, -0.1) is 0 Å². The zero-order chi connectivity index (χ0) is 22.9. The van der Waals surface area contributed by atoms with Crippen molar-refractivity contribution in [2.45, 2.75) is 19.6 Å². The molecule has 0 radical (unpaired) electrons. The van der Waals surface area contributed by atoms with E-state index in [0.29, 0.717) is 29.5 Å². The van der Waals surface area contributed by atoms with Crippen molar-refractivity contribution in [3.8, 4) is 17.2 Å². The van der Waals surface area contributed by atoms with Gasteiger partial charge in [0.05, 0.1) is 19.9 Å². The van der Waals surface area contributed by atoms with E-state index in [-0.39, 0.29) is 5.56 Å². The van der Waals surface area contributed by atoms with Crippen molar-refractivity contribution >= 4 is 17.6 Å². The van der Waals surface area contributed by atoms with Crippen molar-refractivity contribution in [2.24, 2.45) is 0 Å². The first-order valence-electron chi connectivity index (χ1n) is 10.0. The van der Waals surface area contributed by atoms with Crippen molar-refractivity contribution in [1.82, 2.24) is 0 Å². The van der Waals surface area contributed by atoms with Crippen LogP contribution < -0.4 is 19.5 Å². The molecule has 0 spiro atoms. The van der Waals surface area contributed by atoms with Gasteiger partial charge in [0.25, 0.3) is 5.91 Å². The van der Waals surface area contributed by atoms with E-state index in [2.05, 4.69) is 5.32 Å². The number of nitrogens with one attached hydrogen (secondary N) is 1. The second-order valence-corrected chi connectivity index (χ2v) is 6.87. The molecule has 1 atom stereocenters. The zero-order valence-electron chi connectivity index (χ0n) is 18.2. The van der Waals surface area contributed by atoms with Crippen LogP contribution in [0.4, 0.5) is 5.69 Å². The molecular formula is C25H25NO6. The third-order valence-electron chi connectivity index (χ3n) is 4.66. The number of ether oxygens (including phenoxy) is 4. The molecule has 0 saturated heterocycles. The van der Waals surface area contributed by atoms with Gasteiger partial charge in [0.1, 0.15) is 29.4 Å². The number of benzene rings is 3. The molecular weight excluding hydrogens is 410 g/mol. The standard InChI is InChI=1S/C25H25NO6/c1-17(24(27)26-21-15-19(29-2)13-14-23(21)30-3)32-25(28)20-11-7-8-12-22(20)31-16-18-9-5-4-6-10-18/h4-15,17H,16H2,1-3H3,(H,26,27). The molecule has 166 valence electrons. The maximum Gasteiger partial charge on any atom is 0.342 e. The minimum atomic E-state index is -1.06. The van der Waals surface area contributed by atoms with Crippen LogP contribution >= 0.6 is 0 Å². The first-order valence-corrected chi connectivity index (χ1v) is 10.0. The number of para-hydroxylation sites is 1. The van der Waals surface area contributed by atoms with Gasteiger partial charge in [0, 0.05) is 6.07 Å². The summed E-state index contributed by atoms with van der Waals surface area (Å²) in [6.45, 7) is 1.80. The number of methoxy groups -OCH3 is 2. The first kappa shape index (κ1) is 22.7. The van der Waals surface area contributed by atoms with E-state index in [9.17, 15) is 9.59 Å². The van der Waals surface area contributed by atoms with E-state index in [0.717, 1.165) is 5.56 Å². The molecule has 0 aliphatic heterocycles. The second-order valence-electron chi connectivity index (χ2n) is 6.87. The van der Waals surface area contributed by atoms with Crippen LogP contribution in [0.25, 0.3) is 0 Å². The van der Waals surface area contributed by atoms with Gasteiger partial charge < -0.3 is 24.3 Å². The fraction of sp³-hybridized carbons (Fsp3) is 0.200. The van der Waals surface area contributed by atoms with Gasteiger partial charge >= 0.3 is 5.97 Å². The lowest BCUT2D eigenvalue weighted by molar-refractivity contribution is -0.123. The minimum absolute atomic E-state index is 0.238. The number of rotatable bonds is 9. The third kappa shape index (κ3) is 5.78. The minimum Gasteiger partial charge on any atom is -0.497 e. The van der Waals surface area contributed by atoms with Crippen molar-refractivity contribution < 1.29 is 28.5 Å². The van der Waals surface area contributed by atoms with Gasteiger partial charge in [0.2, 0.25) is 0 Å². The van der Waals surface area contributed by atoms with Crippen LogP contribution in [0.3, 0.4) is 0 Å². The Bertz CT molecular complexity index is 1070. The Morgan fingerprint density at radius 2 is 1.59 bits per heavy atom. The summed E-state index contributed by atoms with van der Waals surface area (Å²) in [5, 5.41) is 2.70. The van der Waals surface area contributed by atoms with Crippen molar-refractivity contribution in [3.05, 3.63) is 83.9 Å². The molecule has 0 aliphatic rings. The molecule has 7 nitrogen and oxygen atoms in total. The number of esters is 1. The maximum atomic E-state index is 12.7. The highest BCUT2D eigenvalue weighted by Crippen LogP contribution is 2.29. The predicted octanol–water partition coefficient (Wildman–Crippen LogP) is 4.47. The van der Waals surface area contributed by atoms with Gasteiger partial charge in [0.15, 0.2) is 6.10 Å². The molecule has 0 bridgehead atoms. The van der Waals surface area contributed by atoms with E-state index in [4.69, 9.17) is 18.9 Å². The predicted molar refractivity (Wildman–Crippen MR) is 120 cm³/mol. The molecule has 0 aromatic heterocycles. The van der Waals surface area contributed by atoms with E-state index in [1.165, 1.54) is 21.1 Å². The first-order chi connectivity index (χ1) is 15.5. The van der Waals surface area contributed by atoms with Crippen LogP contribution in [-0.4, -0.2) is 32.2 Å². The highest BCUT2D eigenvalue weighted by molar-refractivity contribution is 5.99. The van der Waals surface area contributed by atoms with Crippen LogP contribution in [-0.2, 0) is 16.1 Å². The van der Waals surface area contributed by atoms with Crippen LogP contribution in [0.5, 0.6) is 17.2 Å². The largest absolute Gasteiger partial charge is 0.497 e. The normalized spacial score (nSPS) is 11.2. The van der Waals surface area contributed by atoms with Gasteiger partial charge in [-0.05, 0) is 36.8 Å². The van der Waals surface area contributed by atoms with Crippen LogP contribution in [0.1, 0.15) is 22.8 Å². The molecule has 0 saturated carbocycles. The van der Waals surface area contributed by atoms with E-state index >= 15 is 0 Å². The number of anilines is 1. The van der Waals surface area contributed by atoms with Crippen molar-refractivity contribution in [3.63, 3.8) is 0 Å². The Hall–Kier alpha value is -4.00. The van der Waals surface area contributed by atoms with Crippen LogP contribution in [0.2, 0.25) is 0 Å². The molecule has 3 rings (SSSR count). The number of carbonyl (C=O) groups is 2. The molecule has 0 fully saturated rings. The molecule has 7 heteroatoms. The lowest BCUT2D eigenvalue weighted by atomic mass is 10.2. The number of hydrogen-bond donors (Lipinski definition) is 1. The molecule has 32 heavy (non-hydrogen) atoms. The molecule has 1 unspecified atom stereocenters. The van der Waals surface area contributed by atoms with Crippen molar-refractivity contribution in [2.75, 3.05) is 19.5 Å². The second kappa shape index (κ2) is 10.9. The molecule has 3 aromatic rings. The van der Waals surface area contributed by atoms with Gasteiger partial charge in [-0.2, -0.15) is 0 Å². The molecule has 1 amide bonds. The van der Waals surface area contributed by atoms with Crippen molar-refractivity contribution in [1.29, 1.82) is 0 Å². The third-order valence-corrected chi connectivity index (χ3v) is 4.66. The SMILES string of the molecule is COc1ccc(OC)c(NC(=O)C(C)OC(=O)c2ccccc2OCc2ccccc2)c1. The quantitative estimate of drug-likeness (QED) is 0.500. The summed E-state index contributed by atoms with van der Waals surface area (Å²) in [6, 6.07) is 21.4. The van der Waals surface area contributed by atoms with Gasteiger partial charge in [-0.25, -0.2) is 4.79 Å². The summed E-state index contributed by atoms with van der Waals surface area (Å²) in [5.41, 5.74) is 1.61. The number of carbonyl (C=O) groups excluding carboxylic acids is 2. The van der Waals surface area contributed by atoms with Gasteiger partial charge in [-0.3, -0.25) is 4.79 Å². The Morgan fingerprint density at radius 1 is 0.875 bits per heavy atom. The zero-order valence-corrected chi connectivity index (χ0v) is 18.2. The maximum absolute atomic E-state index is 12.7. The summed E-state index contributed by atoms with van der Waals surface area (Å²) in [6.07, 6.45) is -1.06. The van der Waals surface area contributed by atoms with E-state index in [1.54, 1.807) is 42.5 Å². The lowest BCUT2D eigenvalue weighted by Gasteiger charge is -2.17. The van der Waals surface area contributed by atoms with E-state index in [1.807, 2.05) is 30.3 Å². The van der Waals surface area contributed by atoms with Gasteiger partial charge in [-0.1, -0.05) is 42.5 Å². The summed E-state index contributed by atoms with van der Waals surface area (Å²) in [4.78, 5) is 25.4. The Morgan fingerprint density at radius 3 is 2.31 bits per heavy atom. The fourth-order valence-corrected chi connectivity index (χ4v) is 2.92. The highest BCUT2D eigenvalue weighted by Gasteiger charge is 2.22. The average Bonchev–Trinajstić information content (AvgIpc) is 2.83.